The molecule has 5 rings (SSSR count). The average Bonchev–Trinajstić information content (AvgIpc) is 3.42. The fourth-order valence-corrected chi connectivity index (χ4v) is 7.60. The van der Waals surface area contributed by atoms with E-state index in [4.69, 9.17) is 0 Å². The van der Waals surface area contributed by atoms with Crippen molar-refractivity contribution in [3.63, 3.8) is 0 Å². The van der Waals surface area contributed by atoms with Crippen molar-refractivity contribution >= 4 is 15.7 Å². The van der Waals surface area contributed by atoms with Crippen LogP contribution in [-0.2, 0) is 23.4 Å². The van der Waals surface area contributed by atoms with E-state index >= 15 is 0 Å². The van der Waals surface area contributed by atoms with Crippen LogP contribution in [0.15, 0.2) is 23.2 Å². The number of hydrogen-bond donors (Lipinski definition) is 1. The first-order chi connectivity index (χ1) is 15.4. The summed E-state index contributed by atoms with van der Waals surface area (Å²) in [5, 5.41) is 16.2. The molecule has 1 saturated heterocycles. The van der Waals surface area contributed by atoms with Gasteiger partial charge in [-0.05, 0) is 62.6 Å². The molecule has 3 fully saturated rings. The van der Waals surface area contributed by atoms with Gasteiger partial charge in [-0.2, -0.15) is 5.10 Å². The fraction of sp³-hybridized carbons (Fsp3) is 0.696. The molecule has 3 heterocycles. The first-order valence-electron chi connectivity index (χ1n) is 11.9. The highest BCUT2D eigenvalue weighted by Crippen LogP contribution is 2.39. The van der Waals surface area contributed by atoms with Gasteiger partial charge in [-0.25, -0.2) is 8.42 Å². The zero-order chi connectivity index (χ0) is 22.3. The van der Waals surface area contributed by atoms with E-state index in [9.17, 15) is 8.42 Å². The maximum Gasteiger partial charge on any atom is 0.200 e. The molecule has 3 aliphatic rings. The molecule has 2 aliphatic carbocycles. The van der Waals surface area contributed by atoms with E-state index in [1.807, 2.05) is 11.7 Å². The number of nitrogens with one attached hydrogen (secondary N) is 1. The lowest BCUT2D eigenvalue weighted by atomic mass is 10.0. The summed E-state index contributed by atoms with van der Waals surface area (Å²) in [6, 6.07) is 5.97. The van der Waals surface area contributed by atoms with Gasteiger partial charge in [0, 0.05) is 38.4 Å². The van der Waals surface area contributed by atoms with Crippen molar-refractivity contribution in [3.05, 3.63) is 29.6 Å². The number of hydrogen-bond acceptors (Lipinski definition) is 7. The van der Waals surface area contributed by atoms with Gasteiger partial charge < -0.3 is 5.32 Å². The highest BCUT2D eigenvalue weighted by atomic mass is 32.2. The second-order valence-electron chi connectivity index (χ2n) is 9.99. The minimum Gasteiger partial charge on any atom is -0.366 e. The van der Waals surface area contributed by atoms with E-state index in [0.29, 0.717) is 23.7 Å². The predicted molar refractivity (Wildman–Crippen MR) is 123 cm³/mol. The highest BCUT2D eigenvalue weighted by molar-refractivity contribution is 7.92. The Morgan fingerprint density at radius 3 is 2.38 bits per heavy atom. The van der Waals surface area contributed by atoms with Gasteiger partial charge in [-0.1, -0.05) is 19.3 Å². The van der Waals surface area contributed by atoms with Gasteiger partial charge in [-0.3, -0.25) is 9.58 Å². The third-order valence-corrected chi connectivity index (χ3v) is 9.80. The Morgan fingerprint density at radius 1 is 1.06 bits per heavy atom. The van der Waals surface area contributed by atoms with Crippen LogP contribution in [0, 0.1) is 18.8 Å². The van der Waals surface area contributed by atoms with Crippen molar-refractivity contribution < 1.29 is 8.42 Å². The molecule has 2 atom stereocenters. The maximum absolute atomic E-state index is 12.8. The number of likely N-dealkylation sites (tertiary alicyclic amines) is 1. The van der Waals surface area contributed by atoms with Crippen LogP contribution in [0.25, 0.3) is 0 Å². The van der Waals surface area contributed by atoms with Crippen molar-refractivity contribution in [2.75, 3.05) is 18.4 Å². The predicted octanol–water partition coefficient (Wildman–Crippen LogP) is 2.95. The first kappa shape index (κ1) is 21.8. The Kier molecular flexibility index (Phi) is 5.96. The molecule has 1 aliphatic heterocycles. The van der Waals surface area contributed by atoms with Crippen molar-refractivity contribution in [2.24, 2.45) is 18.9 Å². The van der Waals surface area contributed by atoms with Gasteiger partial charge in [0.25, 0.3) is 0 Å². The number of sulfone groups is 1. The quantitative estimate of drug-likeness (QED) is 0.711. The number of anilines is 1. The molecular weight excluding hydrogens is 424 g/mol. The van der Waals surface area contributed by atoms with Gasteiger partial charge in [-0.15, -0.1) is 10.2 Å². The van der Waals surface area contributed by atoms with Gasteiger partial charge in [0.15, 0.2) is 14.9 Å². The van der Waals surface area contributed by atoms with Crippen LogP contribution in [0.2, 0.25) is 0 Å². The summed E-state index contributed by atoms with van der Waals surface area (Å²) in [6.07, 6.45) is 6.82. The molecule has 0 spiro atoms. The van der Waals surface area contributed by atoms with E-state index in [1.165, 1.54) is 5.69 Å². The van der Waals surface area contributed by atoms with Crippen LogP contribution in [0.5, 0.6) is 0 Å². The van der Waals surface area contributed by atoms with E-state index in [0.717, 1.165) is 70.3 Å². The van der Waals surface area contributed by atoms with Crippen LogP contribution in [-0.4, -0.2) is 57.7 Å². The number of aromatic nitrogens is 4. The van der Waals surface area contributed by atoms with Gasteiger partial charge in [0.2, 0.25) is 0 Å². The van der Waals surface area contributed by atoms with Crippen molar-refractivity contribution in [3.8, 4) is 0 Å². The number of nitrogens with zero attached hydrogens (tertiary/aromatic N) is 5. The standard InChI is InChI=1S/C23H34N6O2S/c1-16-10-20(27-28(16)2)15-29-13-17-11-19(12-18(17)14-29)24-22-8-9-23(26-25-22)32(30,31)21-6-4-3-5-7-21/h8-10,17-19,21H,3-7,11-15H2,1-2H3,(H,24,25). The molecule has 0 aromatic carbocycles. The molecule has 0 radical (unpaired) electrons. The Hall–Kier alpha value is -2.00. The average molecular weight is 459 g/mol. The van der Waals surface area contributed by atoms with Crippen LogP contribution >= 0.6 is 0 Å². The lowest BCUT2D eigenvalue weighted by Crippen LogP contribution is -2.26. The van der Waals surface area contributed by atoms with Gasteiger partial charge in [0.1, 0.15) is 5.82 Å². The van der Waals surface area contributed by atoms with E-state index < -0.39 is 9.84 Å². The fourth-order valence-electron chi connectivity index (χ4n) is 5.89. The smallest absolute Gasteiger partial charge is 0.200 e. The van der Waals surface area contributed by atoms with Crippen LogP contribution in [0.4, 0.5) is 5.82 Å². The summed E-state index contributed by atoms with van der Waals surface area (Å²) in [6.45, 7) is 5.24. The van der Waals surface area contributed by atoms with Crippen molar-refractivity contribution in [1.82, 2.24) is 24.9 Å². The summed E-state index contributed by atoms with van der Waals surface area (Å²) >= 11 is 0. The summed E-state index contributed by atoms with van der Waals surface area (Å²) in [7, 11) is -1.37. The normalized spacial score (nSPS) is 27.0. The van der Waals surface area contributed by atoms with E-state index in [-0.39, 0.29) is 10.3 Å². The number of aryl methyl sites for hydroxylation is 2. The minimum atomic E-state index is -3.37. The minimum absolute atomic E-state index is 0.124. The maximum atomic E-state index is 12.8. The van der Waals surface area contributed by atoms with Crippen LogP contribution in [0.1, 0.15) is 56.3 Å². The Morgan fingerprint density at radius 2 is 1.78 bits per heavy atom. The monoisotopic (exact) mass is 458 g/mol. The molecule has 32 heavy (non-hydrogen) atoms. The molecule has 0 amide bonds. The summed E-state index contributed by atoms with van der Waals surface area (Å²) in [5.41, 5.74) is 2.35. The highest BCUT2D eigenvalue weighted by Gasteiger charge is 2.41. The second kappa shape index (κ2) is 8.74. The SMILES string of the molecule is Cc1cc(CN2CC3CC(Nc4ccc(S(=O)(=O)C5CCCCC5)nn4)CC3C2)nn1C. The topological polar surface area (TPSA) is 93.0 Å². The van der Waals surface area contributed by atoms with Crippen molar-refractivity contribution in [2.45, 2.75) is 74.7 Å². The Balaban J connectivity index is 1.14. The molecule has 174 valence electrons. The number of fused-ring (bicyclic) bond motifs is 1. The molecule has 2 aromatic rings. The molecule has 2 unspecified atom stereocenters. The van der Waals surface area contributed by atoms with E-state index in [2.05, 4.69) is 38.5 Å². The van der Waals surface area contributed by atoms with E-state index in [1.54, 1.807) is 12.1 Å². The Labute approximate surface area is 190 Å². The third-order valence-electron chi connectivity index (χ3n) is 7.65. The third kappa shape index (κ3) is 4.41. The zero-order valence-electron chi connectivity index (χ0n) is 19.1. The summed E-state index contributed by atoms with van der Waals surface area (Å²) in [4.78, 5) is 2.53. The molecule has 1 N–H and O–H groups in total. The first-order valence-corrected chi connectivity index (χ1v) is 13.5. The van der Waals surface area contributed by atoms with Gasteiger partial charge in [0.05, 0.1) is 10.9 Å². The molecule has 9 heteroatoms. The molecular formula is C23H34N6O2S. The summed E-state index contributed by atoms with van der Waals surface area (Å²) in [5.74, 6) is 2.06. The molecule has 8 nitrogen and oxygen atoms in total. The van der Waals surface area contributed by atoms with Crippen LogP contribution < -0.4 is 5.32 Å². The molecule has 0 bridgehead atoms. The number of rotatable bonds is 6. The lowest BCUT2D eigenvalue weighted by molar-refractivity contribution is 0.296. The second-order valence-corrected chi connectivity index (χ2v) is 12.2. The summed E-state index contributed by atoms with van der Waals surface area (Å²) < 4.78 is 27.6. The largest absolute Gasteiger partial charge is 0.366 e. The Bertz CT molecular complexity index is 1010. The molecule has 2 saturated carbocycles. The zero-order valence-corrected chi connectivity index (χ0v) is 19.9. The van der Waals surface area contributed by atoms with Gasteiger partial charge >= 0.3 is 0 Å². The lowest BCUT2D eigenvalue weighted by Gasteiger charge is -2.21. The van der Waals surface area contributed by atoms with Crippen molar-refractivity contribution in [1.29, 1.82) is 0 Å². The van der Waals surface area contributed by atoms with Crippen LogP contribution in [0.3, 0.4) is 0 Å². The molecule has 2 aromatic heterocycles.